The van der Waals surface area contributed by atoms with Gasteiger partial charge in [-0.1, -0.05) is 12.1 Å². The van der Waals surface area contributed by atoms with Gasteiger partial charge in [0.25, 0.3) is 10.0 Å². The SMILES string of the molecule is CN(c1ccccc1F)S(=O)(=O)c1ccc(CC(=O)O)s1. The summed E-state index contributed by atoms with van der Waals surface area (Å²) in [5.74, 6) is -1.69. The molecule has 0 unspecified atom stereocenters. The second-order valence-corrected chi connectivity index (χ2v) is 7.58. The lowest BCUT2D eigenvalue weighted by Crippen LogP contribution is -2.26. The van der Waals surface area contributed by atoms with Crippen molar-refractivity contribution in [3.63, 3.8) is 0 Å². The smallest absolute Gasteiger partial charge is 0.308 e. The maximum absolute atomic E-state index is 13.7. The molecule has 0 saturated carbocycles. The topological polar surface area (TPSA) is 74.7 Å². The number of carboxylic acid groups (broad SMARTS) is 1. The summed E-state index contributed by atoms with van der Waals surface area (Å²) < 4.78 is 39.3. The van der Waals surface area contributed by atoms with Gasteiger partial charge in [-0.05, 0) is 24.3 Å². The van der Waals surface area contributed by atoms with Crippen LogP contribution in [0.2, 0.25) is 0 Å². The molecule has 8 heteroatoms. The Morgan fingerprint density at radius 3 is 2.57 bits per heavy atom. The van der Waals surface area contributed by atoms with Crippen molar-refractivity contribution >= 4 is 33.0 Å². The number of hydrogen-bond donors (Lipinski definition) is 1. The van der Waals surface area contributed by atoms with Crippen LogP contribution in [0.15, 0.2) is 40.6 Å². The molecular formula is C13H12FNO4S2. The number of para-hydroxylation sites is 1. The first-order valence-electron chi connectivity index (χ1n) is 5.86. The highest BCUT2D eigenvalue weighted by atomic mass is 32.2. The summed E-state index contributed by atoms with van der Waals surface area (Å²) in [5, 5.41) is 8.70. The second kappa shape index (κ2) is 5.82. The lowest BCUT2D eigenvalue weighted by molar-refractivity contribution is -0.136. The van der Waals surface area contributed by atoms with Crippen molar-refractivity contribution in [2.24, 2.45) is 0 Å². The fourth-order valence-corrected chi connectivity index (χ4v) is 4.43. The van der Waals surface area contributed by atoms with Gasteiger partial charge in [0.1, 0.15) is 10.0 Å². The van der Waals surface area contributed by atoms with Crippen molar-refractivity contribution < 1.29 is 22.7 Å². The number of rotatable bonds is 5. The van der Waals surface area contributed by atoms with Crippen LogP contribution in [-0.4, -0.2) is 26.5 Å². The first kappa shape index (κ1) is 15.5. The van der Waals surface area contributed by atoms with Crippen LogP contribution < -0.4 is 4.31 Å². The zero-order valence-corrected chi connectivity index (χ0v) is 12.6. The summed E-state index contributed by atoms with van der Waals surface area (Å²) in [4.78, 5) is 11.0. The van der Waals surface area contributed by atoms with E-state index in [0.29, 0.717) is 4.88 Å². The van der Waals surface area contributed by atoms with E-state index in [1.54, 1.807) is 0 Å². The molecule has 112 valence electrons. The Morgan fingerprint density at radius 1 is 1.29 bits per heavy atom. The molecule has 21 heavy (non-hydrogen) atoms. The summed E-state index contributed by atoms with van der Waals surface area (Å²) in [6, 6.07) is 8.31. The molecule has 1 aromatic carbocycles. The number of thiophene rings is 1. The molecule has 0 amide bonds. The van der Waals surface area contributed by atoms with Crippen molar-refractivity contribution in [3.8, 4) is 0 Å². The third-order valence-corrected chi connectivity index (χ3v) is 6.09. The van der Waals surface area contributed by atoms with Gasteiger partial charge in [-0.2, -0.15) is 0 Å². The van der Waals surface area contributed by atoms with Gasteiger partial charge < -0.3 is 5.11 Å². The van der Waals surface area contributed by atoms with Gasteiger partial charge in [0.15, 0.2) is 0 Å². The predicted octanol–water partition coefficient (Wildman–Crippen LogP) is 2.34. The maximum Gasteiger partial charge on any atom is 0.308 e. The van der Waals surface area contributed by atoms with Crippen LogP contribution in [0, 0.1) is 5.82 Å². The highest BCUT2D eigenvalue weighted by Gasteiger charge is 2.25. The lowest BCUT2D eigenvalue weighted by Gasteiger charge is -2.18. The molecule has 0 saturated heterocycles. The third-order valence-electron chi connectivity index (χ3n) is 2.77. The van der Waals surface area contributed by atoms with Crippen LogP contribution in [-0.2, 0) is 21.2 Å². The molecule has 0 aliphatic carbocycles. The van der Waals surface area contributed by atoms with Crippen LogP contribution in [0.4, 0.5) is 10.1 Å². The zero-order valence-electron chi connectivity index (χ0n) is 11.0. The fraction of sp³-hybridized carbons (Fsp3) is 0.154. The van der Waals surface area contributed by atoms with E-state index in [4.69, 9.17) is 5.11 Å². The Balaban J connectivity index is 2.36. The second-order valence-electron chi connectivity index (χ2n) is 4.22. The monoisotopic (exact) mass is 329 g/mol. The normalized spacial score (nSPS) is 11.3. The summed E-state index contributed by atoms with van der Waals surface area (Å²) in [6.45, 7) is 0. The number of carboxylic acids is 1. The molecule has 0 spiro atoms. The van der Waals surface area contributed by atoms with Crippen molar-refractivity contribution in [1.82, 2.24) is 0 Å². The van der Waals surface area contributed by atoms with E-state index in [2.05, 4.69) is 0 Å². The molecule has 0 bridgehead atoms. The van der Waals surface area contributed by atoms with Crippen molar-refractivity contribution in [2.75, 3.05) is 11.4 Å². The van der Waals surface area contributed by atoms with Crippen LogP contribution in [0.5, 0.6) is 0 Å². The van der Waals surface area contributed by atoms with Crippen molar-refractivity contribution in [2.45, 2.75) is 10.6 Å². The van der Waals surface area contributed by atoms with Gasteiger partial charge in [0.05, 0.1) is 12.1 Å². The molecule has 0 fully saturated rings. The Labute approximate surface area is 125 Å². The first-order valence-corrected chi connectivity index (χ1v) is 8.12. The summed E-state index contributed by atoms with van der Waals surface area (Å²) in [5.41, 5.74) is -0.0642. The van der Waals surface area contributed by atoms with Gasteiger partial charge in [-0.15, -0.1) is 11.3 Å². The maximum atomic E-state index is 13.7. The number of anilines is 1. The molecular weight excluding hydrogens is 317 g/mol. The number of carbonyl (C=O) groups is 1. The minimum Gasteiger partial charge on any atom is -0.481 e. The Hall–Kier alpha value is -1.93. The zero-order chi connectivity index (χ0) is 15.6. The molecule has 1 aromatic heterocycles. The van der Waals surface area contributed by atoms with E-state index in [9.17, 15) is 17.6 Å². The number of nitrogens with zero attached hydrogens (tertiary/aromatic N) is 1. The minimum absolute atomic E-state index is 0.0236. The molecule has 2 rings (SSSR count). The number of halogens is 1. The van der Waals surface area contributed by atoms with Gasteiger partial charge in [-0.3, -0.25) is 9.10 Å². The van der Waals surface area contributed by atoms with Gasteiger partial charge >= 0.3 is 5.97 Å². The molecule has 0 aliphatic heterocycles. The largest absolute Gasteiger partial charge is 0.481 e. The standard InChI is InChI=1S/C13H12FNO4S2/c1-15(11-5-3-2-4-10(11)14)21(18,19)13-7-6-9(20-13)8-12(16)17/h2-7H,8H2,1H3,(H,16,17). The van der Waals surface area contributed by atoms with Crippen LogP contribution in [0.1, 0.15) is 4.88 Å². The molecule has 2 aromatic rings. The summed E-state index contributed by atoms with van der Waals surface area (Å²) >= 11 is 0.864. The number of aliphatic carboxylic acids is 1. The molecule has 0 radical (unpaired) electrons. The number of sulfonamides is 1. The van der Waals surface area contributed by atoms with Crippen LogP contribution in [0.3, 0.4) is 0 Å². The Bertz CT molecular complexity index is 770. The van der Waals surface area contributed by atoms with Gasteiger partial charge in [0, 0.05) is 11.9 Å². The number of hydrogen-bond acceptors (Lipinski definition) is 4. The van der Waals surface area contributed by atoms with Crippen molar-refractivity contribution in [1.29, 1.82) is 0 Å². The van der Waals surface area contributed by atoms with E-state index < -0.39 is 21.8 Å². The summed E-state index contributed by atoms with van der Waals surface area (Å²) in [6.07, 6.45) is -0.246. The van der Waals surface area contributed by atoms with E-state index in [1.807, 2.05) is 0 Å². The summed E-state index contributed by atoms with van der Waals surface area (Å²) in [7, 11) is -2.66. The molecule has 0 atom stereocenters. The lowest BCUT2D eigenvalue weighted by atomic mass is 10.3. The average Bonchev–Trinajstić information content (AvgIpc) is 2.87. The van der Waals surface area contributed by atoms with E-state index in [0.717, 1.165) is 15.6 Å². The Kier molecular flexibility index (Phi) is 4.29. The quantitative estimate of drug-likeness (QED) is 0.913. The molecule has 1 N–H and O–H groups in total. The van der Waals surface area contributed by atoms with E-state index in [1.165, 1.54) is 43.4 Å². The van der Waals surface area contributed by atoms with Crippen LogP contribution >= 0.6 is 11.3 Å². The molecule has 0 aliphatic rings. The molecule has 5 nitrogen and oxygen atoms in total. The minimum atomic E-state index is -3.91. The highest BCUT2D eigenvalue weighted by molar-refractivity contribution is 7.94. The fourth-order valence-electron chi connectivity index (χ4n) is 1.71. The third kappa shape index (κ3) is 3.22. The Morgan fingerprint density at radius 2 is 1.95 bits per heavy atom. The van der Waals surface area contributed by atoms with Gasteiger partial charge in [0.2, 0.25) is 0 Å². The van der Waals surface area contributed by atoms with Crippen molar-refractivity contribution in [3.05, 3.63) is 47.1 Å². The van der Waals surface area contributed by atoms with Crippen LogP contribution in [0.25, 0.3) is 0 Å². The predicted molar refractivity (Wildman–Crippen MR) is 77.6 cm³/mol. The molecule has 1 heterocycles. The average molecular weight is 329 g/mol. The van der Waals surface area contributed by atoms with E-state index in [-0.39, 0.29) is 16.3 Å². The van der Waals surface area contributed by atoms with E-state index >= 15 is 0 Å². The number of benzene rings is 1. The highest BCUT2D eigenvalue weighted by Crippen LogP contribution is 2.29. The first-order chi connectivity index (χ1) is 9.82. The van der Waals surface area contributed by atoms with Gasteiger partial charge in [-0.25, -0.2) is 12.8 Å².